The van der Waals surface area contributed by atoms with Gasteiger partial charge >= 0.3 is 0 Å². The summed E-state index contributed by atoms with van der Waals surface area (Å²) in [5, 5.41) is 0. The highest BCUT2D eigenvalue weighted by Crippen LogP contribution is 2.08. The number of hydrazine groups is 1. The lowest BCUT2D eigenvalue weighted by atomic mass is 10.0. The maximum Gasteiger partial charge on any atom is 0.0267 e. The van der Waals surface area contributed by atoms with Crippen molar-refractivity contribution in [3.8, 4) is 0 Å². The molecule has 2 nitrogen and oxygen atoms in total. The van der Waals surface area contributed by atoms with Crippen LogP contribution in [0, 0.1) is 0 Å². The van der Waals surface area contributed by atoms with Crippen LogP contribution in [0.3, 0.4) is 0 Å². The predicted octanol–water partition coefficient (Wildman–Crippen LogP) is 2.85. The number of nitrogens with one attached hydrogen (secondary N) is 2. The summed E-state index contributed by atoms with van der Waals surface area (Å²) in [5.74, 6) is 0. The van der Waals surface area contributed by atoms with E-state index in [0.29, 0.717) is 0 Å². The third-order valence-electron chi connectivity index (χ3n) is 2.21. The van der Waals surface area contributed by atoms with Crippen molar-refractivity contribution in [1.82, 2.24) is 10.9 Å². The molecule has 0 rings (SSSR count). The molecule has 0 unspecified atom stereocenters. The van der Waals surface area contributed by atoms with E-state index in [1.165, 1.54) is 32.1 Å². The smallest absolute Gasteiger partial charge is 0.0267 e. The van der Waals surface area contributed by atoms with Gasteiger partial charge in [0.15, 0.2) is 0 Å². The predicted molar refractivity (Wildman–Crippen MR) is 59.7 cm³/mol. The molecule has 0 heterocycles. The van der Waals surface area contributed by atoms with Crippen molar-refractivity contribution >= 4 is 0 Å². The first-order chi connectivity index (χ1) is 6.12. The highest BCUT2D eigenvalue weighted by atomic mass is 15.4. The minimum absolute atomic E-state index is 0.237. The van der Waals surface area contributed by atoms with Crippen molar-refractivity contribution < 1.29 is 0 Å². The lowest BCUT2D eigenvalue weighted by molar-refractivity contribution is 0.306. The summed E-state index contributed by atoms with van der Waals surface area (Å²) in [7, 11) is 0. The average molecular weight is 186 g/mol. The third kappa shape index (κ3) is 8.26. The van der Waals surface area contributed by atoms with Gasteiger partial charge in [0.05, 0.1) is 0 Å². The minimum Gasteiger partial charge on any atom is -0.257 e. The molecule has 2 N–H and O–H groups in total. The van der Waals surface area contributed by atoms with E-state index >= 15 is 0 Å². The van der Waals surface area contributed by atoms with Crippen LogP contribution in [-0.4, -0.2) is 12.1 Å². The van der Waals surface area contributed by atoms with Gasteiger partial charge in [-0.1, -0.05) is 33.1 Å². The molecule has 0 aliphatic rings. The number of unbranched alkanes of at least 4 members (excludes halogenated alkanes) is 2. The van der Waals surface area contributed by atoms with Gasteiger partial charge in [-0.3, -0.25) is 10.9 Å². The zero-order valence-corrected chi connectivity index (χ0v) is 9.74. The van der Waals surface area contributed by atoms with Crippen LogP contribution >= 0.6 is 0 Å². The molecule has 80 valence electrons. The molecule has 0 fully saturated rings. The molecular formula is C11H26N2. The van der Waals surface area contributed by atoms with Gasteiger partial charge < -0.3 is 0 Å². The molecular weight excluding hydrogens is 160 g/mol. The maximum absolute atomic E-state index is 3.37. The van der Waals surface area contributed by atoms with Crippen LogP contribution in [0.5, 0.6) is 0 Å². The highest BCUT2D eigenvalue weighted by Gasteiger charge is 2.14. The van der Waals surface area contributed by atoms with Crippen LogP contribution in [0.1, 0.15) is 59.8 Å². The number of hydrogen-bond donors (Lipinski definition) is 2. The second-order valence-electron chi connectivity index (χ2n) is 4.39. The van der Waals surface area contributed by atoms with Gasteiger partial charge in [0, 0.05) is 12.1 Å². The molecule has 0 bridgehead atoms. The zero-order chi connectivity index (χ0) is 10.2. The van der Waals surface area contributed by atoms with E-state index < -0.39 is 0 Å². The van der Waals surface area contributed by atoms with Crippen molar-refractivity contribution in [1.29, 1.82) is 0 Å². The van der Waals surface area contributed by atoms with E-state index in [1.54, 1.807) is 0 Å². The van der Waals surface area contributed by atoms with Crippen LogP contribution in [0.15, 0.2) is 0 Å². The second kappa shape index (κ2) is 7.34. The summed E-state index contributed by atoms with van der Waals surface area (Å²) in [6.07, 6.45) is 6.33. The molecule has 0 aliphatic heterocycles. The first kappa shape index (κ1) is 12.9. The van der Waals surface area contributed by atoms with E-state index in [-0.39, 0.29) is 5.54 Å². The Hall–Kier alpha value is -0.0800. The van der Waals surface area contributed by atoms with Gasteiger partial charge in [0.2, 0.25) is 0 Å². The normalized spacial score (nSPS) is 12.0. The Morgan fingerprint density at radius 1 is 1.00 bits per heavy atom. The highest BCUT2D eigenvalue weighted by molar-refractivity contribution is 4.73. The summed E-state index contributed by atoms with van der Waals surface area (Å²) >= 11 is 0. The van der Waals surface area contributed by atoms with E-state index in [0.717, 1.165) is 6.54 Å². The van der Waals surface area contributed by atoms with E-state index in [4.69, 9.17) is 0 Å². The summed E-state index contributed by atoms with van der Waals surface area (Å²) in [4.78, 5) is 0. The summed E-state index contributed by atoms with van der Waals surface area (Å²) < 4.78 is 0. The number of hydrogen-bond acceptors (Lipinski definition) is 2. The molecule has 0 amide bonds. The van der Waals surface area contributed by atoms with E-state index in [9.17, 15) is 0 Å². The molecule has 2 heteroatoms. The van der Waals surface area contributed by atoms with Crippen LogP contribution in [0.2, 0.25) is 0 Å². The Balaban J connectivity index is 3.29. The zero-order valence-electron chi connectivity index (χ0n) is 9.74. The molecule has 0 aromatic rings. The molecule has 0 aromatic carbocycles. The quantitative estimate of drug-likeness (QED) is 0.450. The fourth-order valence-corrected chi connectivity index (χ4v) is 1.45. The Labute approximate surface area is 83.5 Å². The van der Waals surface area contributed by atoms with Crippen molar-refractivity contribution in [2.45, 2.75) is 65.3 Å². The fourth-order valence-electron chi connectivity index (χ4n) is 1.45. The van der Waals surface area contributed by atoms with E-state index in [2.05, 4.69) is 38.5 Å². The van der Waals surface area contributed by atoms with Crippen LogP contribution in [0.25, 0.3) is 0 Å². The molecule has 0 atom stereocenters. The fraction of sp³-hybridized carbons (Fsp3) is 1.00. The van der Waals surface area contributed by atoms with Gasteiger partial charge in [0.25, 0.3) is 0 Å². The second-order valence-corrected chi connectivity index (χ2v) is 4.39. The Morgan fingerprint density at radius 3 is 2.23 bits per heavy atom. The maximum atomic E-state index is 3.37. The lowest BCUT2D eigenvalue weighted by Gasteiger charge is -2.26. The Kier molecular flexibility index (Phi) is 7.29. The average Bonchev–Trinajstić information content (AvgIpc) is 2.04. The summed E-state index contributed by atoms with van der Waals surface area (Å²) in [6.45, 7) is 10.0. The standard InChI is InChI=1S/C11H26N2/c1-5-7-8-10-12-13-11(3,4)9-6-2/h12-13H,5-10H2,1-4H3. The summed E-state index contributed by atoms with van der Waals surface area (Å²) in [6, 6.07) is 0. The lowest BCUT2D eigenvalue weighted by Crippen LogP contribution is -2.48. The molecule has 0 aromatic heterocycles. The third-order valence-corrected chi connectivity index (χ3v) is 2.21. The van der Waals surface area contributed by atoms with Crippen molar-refractivity contribution in [3.63, 3.8) is 0 Å². The van der Waals surface area contributed by atoms with Crippen molar-refractivity contribution in [2.24, 2.45) is 0 Å². The molecule has 0 aliphatic carbocycles. The van der Waals surface area contributed by atoms with Gasteiger partial charge in [-0.25, -0.2) is 0 Å². The van der Waals surface area contributed by atoms with Crippen LogP contribution in [-0.2, 0) is 0 Å². The molecule has 0 saturated carbocycles. The van der Waals surface area contributed by atoms with Crippen molar-refractivity contribution in [3.05, 3.63) is 0 Å². The largest absolute Gasteiger partial charge is 0.257 e. The Morgan fingerprint density at radius 2 is 1.69 bits per heavy atom. The van der Waals surface area contributed by atoms with Crippen molar-refractivity contribution in [2.75, 3.05) is 6.54 Å². The monoisotopic (exact) mass is 186 g/mol. The minimum atomic E-state index is 0.237. The summed E-state index contributed by atoms with van der Waals surface area (Å²) in [5.41, 5.74) is 6.90. The van der Waals surface area contributed by atoms with Gasteiger partial charge in [0.1, 0.15) is 0 Å². The molecule has 0 radical (unpaired) electrons. The van der Waals surface area contributed by atoms with Gasteiger partial charge in [-0.05, 0) is 26.7 Å². The molecule has 0 saturated heterocycles. The number of rotatable bonds is 8. The molecule has 0 spiro atoms. The van der Waals surface area contributed by atoms with Gasteiger partial charge in [-0.15, -0.1) is 0 Å². The SMILES string of the molecule is CCCCCNNC(C)(C)CCC. The van der Waals surface area contributed by atoms with Crippen LogP contribution in [0.4, 0.5) is 0 Å². The van der Waals surface area contributed by atoms with Crippen LogP contribution < -0.4 is 10.9 Å². The molecule has 13 heavy (non-hydrogen) atoms. The first-order valence-corrected chi connectivity index (χ1v) is 5.62. The Bertz CT molecular complexity index is 111. The van der Waals surface area contributed by atoms with Gasteiger partial charge in [-0.2, -0.15) is 0 Å². The topological polar surface area (TPSA) is 24.1 Å². The first-order valence-electron chi connectivity index (χ1n) is 5.62. The van der Waals surface area contributed by atoms with E-state index in [1.807, 2.05) is 0 Å².